The van der Waals surface area contributed by atoms with E-state index in [9.17, 15) is 10.2 Å². The van der Waals surface area contributed by atoms with Crippen LogP contribution in [0, 0.1) is 0 Å². The zero-order valence-corrected chi connectivity index (χ0v) is 9.11. The Bertz CT molecular complexity index is 332. The predicted octanol–water partition coefficient (Wildman–Crippen LogP) is 0.911. The number of alkyl halides is 1. The van der Waals surface area contributed by atoms with Gasteiger partial charge in [0.2, 0.25) is 0 Å². The number of benzene rings is 1. The Kier molecular flexibility index (Phi) is 4.20. The Labute approximate surface area is 93.2 Å². The summed E-state index contributed by atoms with van der Waals surface area (Å²) in [6, 6.07) is 4.81. The molecule has 0 aromatic heterocycles. The molecule has 15 heavy (non-hydrogen) atoms. The second-order valence-electron chi connectivity index (χ2n) is 3.21. The summed E-state index contributed by atoms with van der Waals surface area (Å²) in [6.07, 6.45) is -2.07. The zero-order chi connectivity index (χ0) is 11.4. The Balaban J connectivity index is 2.97. The highest BCUT2D eigenvalue weighted by Gasteiger charge is 2.18. The number of hydrogen-bond donors (Lipinski definition) is 3. The summed E-state index contributed by atoms with van der Waals surface area (Å²) in [7, 11) is 1.50. The summed E-state index contributed by atoms with van der Waals surface area (Å²) in [5, 5.41) is 19.1. The van der Waals surface area contributed by atoms with Gasteiger partial charge in [-0.05, 0) is 17.7 Å². The van der Waals surface area contributed by atoms with Crippen LogP contribution in [-0.2, 0) is 0 Å². The molecule has 0 saturated carbocycles. The molecule has 84 valence electrons. The van der Waals surface area contributed by atoms with Gasteiger partial charge in [-0.15, -0.1) is 11.6 Å². The predicted molar refractivity (Wildman–Crippen MR) is 59.1 cm³/mol. The first-order valence-corrected chi connectivity index (χ1v) is 4.98. The lowest BCUT2D eigenvalue weighted by atomic mass is 10.0. The third-order valence-electron chi connectivity index (χ3n) is 2.05. The smallest absolute Gasteiger partial charge is 0.121 e. The van der Waals surface area contributed by atoms with Crippen LogP contribution in [-0.4, -0.2) is 29.3 Å². The molecule has 0 spiro atoms. The van der Waals surface area contributed by atoms with Crippen molar-refractivity contribution in [3.63, 3.8) is 0 Å². The van der Waals surface area contributed by atoms with Crippen molar-refractivity contribution in [2.24, 2.45) is 0 Å². The molecule has 0 amide bonds. The van der Waals surface area contributed by atoms with Gasteiger partial charge in [-0.1, -0.05) is 0 Å². The highest BCUT2D eigenvalue weighted by molar-refractivity contribution is 6.18. The van der Waals surface area contributed by atoms with Gasteiger partial charge in [-0.3, -0.25) is 0 Å². The quantitative estimate of drug-likeness (QED) is 0.532. The van der Waals surface area contributed by atoms with Crippen molar-refractivity contribution < 1.29 is 14.9 Å². The first-order valence-electron chi connectivity index (χ1n) is 4.45. The van der Waals surface area contributed by atoms with Gasteiger partial charge in [0, 0.05) is 11.8 Å². The van der Waals surface area contributed by atoms with Crippen LogP contribution in [0.1, 0.15) is 11.7 Å². The summed E-state index contributed by atoms with van der Waals surface area (Å²) in [5.41, 5.74) is 6.56. The van der Waals surface area contributed by atoms with Gasteiger partial charge in [-0.2, -0.15) is 0 Å². The molecule has 1 aromatic rings. The molecule has 4 N–H and O–H groups in total. The van der Waals surface area contributed by atoms with E-state index in [1.807, 2.05) is 0 Å². The minimum atomic E-state index is -1.06. The SMILES string of the molecule is COc1cc(N)cc(C(O)C(O)CCl)c1. The number of hydrogen-bond acceptors (Lipinski definition) is 4. The maximum absolute atomic E-state index is 9.69. The molecule has 4 nitrogen and oxygen atoms in total. The van der Waals surface area contributed by atoms with Gasteiger partial charge < -0.3 is 20.7 Å². The van der Waals surface area contributed by atoms with Gasteiger partial charge in [0.05, 0.1) is 19.1 Å². The average molecular weight is 232 g/mol. The van der Waals surface area contributed by atoms with Gasteiger partial charge >= 0.3 is 0 Å². The second-order valence-corrected chi connectivity index (χ2v) is 3.51. The fraction of sp³-hybridized carbons (Fsp3) is 0.400. The Morgan fingerprint density at radius 3 is 2.60 bits per heavy atom. The molecule has 0 aliphatic rings. The van der Waals surface area contributed by atoms with Crippen molar-refractivity contribution in [1.29, 1.82) is 0 Å². The van der Waals surface area contributed by atoms with Gasteiger partial charge in [0.25, 0.3) is 0 Å². The first kappa shape index (κ1) is 12.1. The van der Waals surface area contributed by atoms with Crippen molar-refractivity contribution in [3.05, 3.63) is 23.8 Å². The number of nitrogens with two attached hydrogens (primary N) is 1. The molecule has 1 aromatic carbocycles. The van der Waals surface area contributed by atoms with E-state index < -0.39 is 12.2 Å². The van der Waals surface area contributed by atoms with E-state index in [-0.39, 0.29) is 5.88 Å². The average Bonchev–Trinajstić information content (AvgIpc) is 2.26. The van der Waals surface area contributed by atoms with E-state index >= 15 is 0 Å². The van der Waals surface area contributed by atoms with Crippen LogP contribution < -0.4 is 10.5 Å². The summed E-state index contributed by atoms with van der Waals surface area (Å²) in [5.74, 6) is 0.490. The molecule has 0 aliphatic carbocycles. The van der Waals surface area contributed by atoms with Crippen molar-refractivity contribution in [3.8, 4) is 5.75 Å². The second kappa shape index (κ2) is 5.21. The largest absolute Gasteiger partial charge is 0.497 e. The minimum Gasteiger partial charge on any atom is -0.497 e. The fourth-order valence-corrected chi connectivity index (χ4v) is 1.41. The van der Waals surface area contributed by atoms with Crippen LogP contribution >= 0.6 is 11.6 Å². The monoisotopic (exact) mass is 231 g/mol. The normalized spacial score (nSPS) is 14.7. The molecule has 2 atom stereocenters. The van der Waals surface area contributed by atoms with Crippen LogP contribution in [0.2, 0.25) is 0 Å². The Morgan fingerprint density at radius 1 is 1.40 bits per heavy atom. The number of aliphatic hydroxyl groups excluding tert-OH is 2. The van der Waals surface area contributed by atoms with E-state index in [4.69, 9.17) is 22.1 Å². The molecule has 0 fully saturated rings. The maximum Gasteiger partial charge on any atom is 0.121 e. The number of ether oxygens (including phenoxy) is 1. The number of rotatable bonds is 4. The molecule has 5 heteroatoms. The summed E-state index contributed by atoms with van der Waals surface area (Å²) in [4.78, 5) is 0. The van der Waals surface area contributed by atoms with Gasteiger partial charge in [-0.25, -0.2) is 0 Å². The van der Waals surface area contributed by atoms with E-state index in [0.717, 1.165) is 0 Å². The van der Waals surface area contributed by atoms with Crippen molar-refractivity contribution >= 4 is 17.3 Å². The van der Waals surface area contributed by atoms with Crippen LogP contribution in [0.3, 0.4) is 0 Å². The summed E-state index contributed by atoms with van der Waals surface area (Å²) >= 11 is 5.44. The molecule has 0 aliphatic heterocycles. The lowest BCUT2D eigenvalue weighted by Crippen LogP contribution is -2.19. The van der Waals surface area contributed by atoms with E-state index in [2.05, 4.69) is 0 Å². The number of nitrogen functional groups attached to an aromatic ring is 1. The van der Waals surface area contributed by atoms with Crippen LogP contribution in [0.5, 0.6) is 5.75 Å². The van der Waals surface area contributed by atoms with Crippen molar-refractivity contribution in [2.75, 3.05) is 18.7 Å². The standard InChI is InChI=1S/C10H14ClNO3/c1-15-8-3-6(2-7(12)4-8)10(14)9(13)5-11/h2-4,9-10,13-14H,5,12H2,1H3. The lowest BCUT2D eigenvalue weighted by molar-refractivity contribution is 0.0326. The van der Waals surface area contributed by atoms with Crippen molar-refractivity contribution in [2.45, 2.75) is 12.2 Å². The third-order valence-corrected chi connectivity index (χ3v) is 2.37. The molecule has 0 heterocycles. The summed E-state index contributed by atoms with van der Waals surface area (Å²) < 4.78 is 4.99. The fourth-order valence-electron chi connectivity index (χ4n) is 1.24. The van der Waals surface area contributed by atoms with Crippen LogP contribution in [0.25, 0.3) is 0 Å². The van der Waals surface area contributed by atoms with E-state index in [1.165, 1.54) is 7.11 Å². The zero-order valence-electron chi connectivity index (χ0n) is 8.35. The highest BCUT2D eigenvalue weighted by atomic mass is 35.5. The topological polar surface area (TPSA) is 75.7 Å². The van der Waals surface area contributed by atoms with Gasteiger partial charge in [0.1, 0.15) is 11.9 Å². The molecule has 0 saturated heterocycles. The highest BCUT2D eigenvalue weighted by Crippen LogP contribution is 2.25. The minimum absolute atomic E-state index is 0.0434. The third kappa shape index (κ3) is 2.99. The molecular formula is C10H14ClNO3. The lowest BCUT2D eigenvalue weighted by Gasteiger charge is -2.16. The van der Waals surface area contributed by atoms with E-state index in [0.29, 0.717) is 17.0 Å². The molecule has 0 bridgehead atoms. The summed E-state index contributed by atoms with van der Waals surface area (Å²) in [6.45, 7) is 0. The number of anilines is 1. The maximum atomic E-state index is 9.69. The molecule has 1 rings (SSSR count). The Hall–Kier alpha value is -0.970. The first-order chi connectivity index (χ1) is 7.08. The van der Waals surface area contributed by atoms with Gasteiger partial charge in [0.15, 0.2) is 0 Å². The number of halogens is 1. The molecule has 0 radical (unpaired) electrons. The molecular weight excluding hydrogens is 218 g/mol. The van der Waals surface area contributed by atoms with Crippen LogP contribution in [0.4, 0.5) is 5.69 Å². The van der Waals surface area contributed by atoms with Crippen LogP contribution in [0.15, 0.2) is 18.2 Å². The number of aliphatic hydroxyl groups is 2. The molecule has 2 unspecified atom stereocenters. The Morgan fingerprint density at radius 2 is 2.07 bits per heavy atom. The van der Waals surface area contributed by atoms with E-state index in [1.54, 1.807) is 18.2 Å². The van der Waals surface area contributed by atoms with Crippen molar-refractivity contribution in [1.82, 2.24) is 0 Å². The number of methoxy groups -OCH3 is 1.